The molecule has 2 heterocycles. The number of nitrogens with one attached hydrogen (secondary N) is 1. The van der Waals surface area contributed by atoms with Gasteiger partial charge in [0, 0.05) is 18.0 Å². The Morgan fingerprint density at radius 2 is 1.95 bits per heavy atom. The van der Waals surface area contributed by atoms with E-state index >= 15 is 0 Å². The maximum atomic E-state index is 6.01. The number of nitrogens with zero attached hydrogens (tertiary/aromatic N) is 2. The fourth-order valence-corrected chi connectivity index (χ4v) is 3.77. The first-order chi connectivity index (χ1) is 10.2. The molecular weight excluding hydrogens is 417 g/mol. The lowest BCUT2D eigenvalue weighted by atomic mass is 10.1. The molecule has 0 saturated heterocycles. The molecule has 106 valence electrons. The van der Waals surface area contributed by atoms with Crippen molar-refractivity contribution in [3.05, 3.63) is 50.4 Å². The molecule has 2 aromatic heterocycles. The number of anilines is 1. The Hall–Kier alpha value is -1.18. The highest BCUT2D eigenvalue weighted by Gasteiger charge is 2.15. The second-order valence-corrected chi connectivity index (χ2v) is 6.73. The van der Waals surface area contributed by atoms with Crippen LogP contribution in [-0.2, 0) is 0 Å². The monoisotopic (exact) mass is 427 g/mol. The van der Waals surface area contributed by atoms with Crippen molar-refractivity contribution in [1.82, 2.24) is 9.97 Å². The average Bonchev–Trinajstić information content (AvgIpc) is 2.95. The fraction of sp³-hybridized carbons (Fsp3) is 0.0667. The van der Waals surface area contributed by atoms with Gasteiger partial charge in [0.2, 0.25) is 0 Å². The van der Waals surface area contributed by atoms with E-state index in [0.29, 0.717) is 10.8 Å². The quantitative estimate of drug-likeness (QED) is 0.586. The third-order valence-corrected chi connectivity index (χ3v) is 5.22. The summed E-state index contributed by atoms with van der Waals surface area (Å²) in [4.78, 5) is 10.3. The van der Waals surface area contributed by atoms with Crippen LogP contribution >= 0.6 is 45.5 Å². The van der Waals surface area contributed by atoms with Gasteiger partial charge < -0.3 is 5.32 Å². The van der Waals surface area contributed by atoms with E-state index in [1.807, 2.05) is 36.7 Å². The molecule has 1 aromatic carbocycles. The number of benzene rings is 1. The van der Waals surface area contributed by atoms with E-state index in [9.17, 15) is 0 Å². The molecule has 3 rings (SSSR count). The van der Waals surface area contributed by atoms with Crippen LogP contribution in [0.5, 0.6) is 0 Å². The number of thiophene rings is 1. The molecule has 0 spiro atoms. The lowest BCUT2D eigenvalue weighted by molar-refractivity contribution is 1.16. The summed E-state index contributed by atoms with van der Waals surface area (Å²) in [6.45, 7) is 0. The molecule has 0 radical (unpaired) electrons. The van der Waals surface area contributed by atoms with Crippen molar-refractivity contribution < 1.29 is 0 Å². The van der Waals surface area contributed by atoms with E-state index in [1.165, 1.54) is 0 Å². The van der Waals surface area contributed by atoms with Gasteiger partial charge in [-0.3, -0.25) is 0 Å². The van der Waals surface area contributed by atoms with Crippen LogP contribution in [0.15, 0.2) is 41.8 Å². The van der Waals surface area contributed by atoms with Gasteiger partial charge in [0.05, 0.1) is 19.2 Å². The largest absolute Gasteiger partial charge is 0.372 e. The molecule has 0 fully saturated rings. The van der Waals surface area contributed by atoms with Crippen LogP contribution in [0.1, 0.15) is 0 Å². The van der Waals surface area contributed by atoms with Crippen LogP contribution in [-0.4, -0.2) is 17.0 Å². The molecule has 6 heteroatoms. The number of hydrogen-bond acceptors (Lipinski definition) is 4. The second kappa shape index (κ2) is 6.29. The van der Waals surface area contributed by atoms with Gasteiger partial charge in [-0.2, -0.15) is 0 Å². The summed E-state index contributed by atoms with van der Waals surface area (Å²) in [5, 5.41) is 5.74. The van der Waals surface area contributed by atoms with Gasteiger partial charge in [-0.15, -0.1) is 11.3 Å². The zero-order valence-corrected chi connectivity index (χ0v) is 14.8. The van der Waals surface area contributed by atoms with E-state index < -0.39 is 0 Å². The maximum Gasteiger partial charge on any atom is 0.172 e. The molecule has 0 atom stereocenters. The molecule has 0 aliphatic rings. The normalized spacial score (nSPS) is 10.6. The predicted octanol–water partition coefficient (Wildman–Crippen LogP) is 5.17. The molecule has 21 heavy (non-hydrogen) atoms. The van der Waals surface area contributed by atoms with Gasteiger partial charge in [0.15, 0.2) is 5.82 Å². The molecular formula is C15H11ClIN3S. The van der Waals surface area contributed by atoms with Gasteiger partial charge >= 0.3 is 0 Å². The zero-order chi connectivity index (χ0) is 14.8. The van der Waals surface area contributed by atoms with Crippen LogP contribution in [0.2, 0.25) is 5.02 Å². The molecule has 0 saturated carbocycles. The van der Waals surface area contributed by atoms with Crippen molar-refractivity contribution in [3.63, 3.8) is 0 Å². The van der Waals surface area contributed by atoms with Gasteiger partial charge in [-0.1, -0.05) is 41.9 Å². The maximum absolute atomic E-state index is 6.01. The Labute approximate surface area is 145 Å². The van der Waals surface area contributed by atoms with Crippen molar-refractivity contribution in [2.24, 2.45) is 0 Å². The number of rotatable bonds is 3. The first-order valence-electron chi connectivity index (χ1n) is 6.24. The minimum atomic E-state index is 0.690. The summed E-state index contributed by atoms with van der Waals surface area (Å²) in [5.74, 6) is 1.51. The summed E-state index contributed by atoms with van der Waals surface area (Å²) in [5.41, 5.74) is 2.00. The number of halogens is 2. The smallest absolute Gasteiger partial charge is 0.172 e. The third kappa shape index (κ3) is 3.04. The van der Waals surface area contributed by atoms with E-state index in [-0.39, 0.29) is 0 Å². The Balaban J connectivity index is 2.20. The Morgan fingerprint density at radius 1 is 1.19 bits per heavy atom. The lowest BCUT2D eigenvalue weighted by Crippen LogP contribution is -2.02. The topological polar surface area (TPSA) is 37.8 Å². The van der Waals surface area contributed by atoms with E-state index in [2.05, 4.69) is 45.0 Å². The standard InChI is InChI=1S/C15H11ClIN3S/c1-18-15-12(17)13(9-5-3-2-4-6-9)19-14(20-15)11-7-10(16)8-21-11/h2-8H,1H3,(H,18,19,20). The number of hydrogen-bond donors (Lipinski definition) is 1. The number of aromatic nitrogens is 2. The molecule has 0 bridgehead atoms. The summed E-state index contributed by atoms with van der Waals surface area (Å²) in [6, 6.07) is 12.0. The summed E-state index contributed by atoms with van der Waals surface area (Å²) < 4.78 is 1.01. The van der Waals surface area contributed by atoms with Gasteiger partial charge in [0.25, 0.3) is 0 Å². The van der Waals surface area contributed by atoms with Crippen LogP contribution < -0.4 is 5.32 Å². The Kier molecular flexibility index (Phi) is 4.42. The molecule has 0 unspecified atom stereocenters. The second-order valence-electron chi connectivity index (χ2n) is 4.30. The molecule has 3 nitrogen and oxygen atoms in total. The van der Waals surface area contributed by atoms with Crippen LogP contribution in [0.25, 0.3) is 22.0 Å². The molecule has 0 aliphatic heterocycles. The summed E-state index contributed by atoms with van der Waals surface area (Å²) >= 11 is 9.83. The first kappa shape index (κ1) is 14.7. The van der Waals surface area contributed by atoms with Crippen LogP contribution in [0, 0.1) is 3.57 Å². The first-order valence-corrected chi connectivity index (χ1v) is 8.58. The average molecular weight is 428 g/mol. The van der Waals surface area contributed by atoms with Crippen molar-refractivity contribution >= 4 is 51.3 Å². The molecule has 0 aliphatic carbocycles. The van der Waals surface area contributed by atoms with Crippen molar-refractivity contribution in [3.8, 4) is 22.0 Å². The third-order valence-electron chi connectivity index (χ3n) is 2.92. The Bertz CT molecular complexity index is 774. The molecule has 3 aromatic rings. The molecule has 1 N–H and O–H groups in total. The van der Waals surface area contributed by atoms with Crippen molar-refractivity contribution in [1.29, 1.82) is 0 Å². The van der Waals surface area contributed by atoms with Gasteiger partial charge in [0.1, 0.15) is 5.82 Å². The van der Waals surface area contributed by atoms with Crippen molar-refractivity contribution in [2.45, 2.75) is 0 Å². The summed E-state index contributed by atoms with van der Waals surface area (Å²) in [7, 11) is 1.87. The zero-order valence-electron chi connectivity index (χ0n) is 11.1. The van der Waals surface area contributed by atoms with Crippen molar-refractivity contribution in [2.75, 3.05) is 12.4 Å². The van der Waals surface area contributed by atoms with Gasteiger partial charge in [-0.05, 0) is 28.7 Å². The predicted molar refractivity (Wildman–Crippen MR) is 98.1 cm³/mol. The minimum Gasteiger partial charge on any atom is -0.372 e. The van der Waals surface area contributed by atoms with E-state index in [4.69, 9.17) is 16.6 Å². The van der Waals surface area contributed by atoms with Crippen LogP contribution in [0.4, 0.5) is 5.82 Å². The molecule has 0 amide bonds. The SMILES string of the molecule is CNc1nc(-c2cc(Cl)cs2)nc(-c2ccccc2)c1I. The summed E-state index contributed by atoms with van der Waals surface area (Å²) in [6.07, 6.45) is 0. The van der Waals surface area contributed by atoms with E-state index in [1.54, 1.807) is 11.3 Å². The van der Waals surface area contributed by atoms with E-state index in [0.717, 1.165) is 25.5 Å². The Morgan fingerprint density at radius 3 is 2.57 bits per heavy atom. The highest BCUT2D eigenvalue weighted by molar-refractivity contribution is 14.1. The minimum absolute atomic E-state index is 0.690. The van der Waals surface area contributed by atoms with Gasteiger partial charge in [-0.25, -0.2) is 9.97 Å². The fourth-order valence-electron chi connectivity index (χ4n) is 1.94. The van der Waals surface area contributed by atoms with Crippen LogP contribution in [0.3, 0.4) is 0 Å². The lowest BCUT2D eigenvalue weighted by Gasteiger charge is -2.10. The highest BCUT2D eigenvalue weighted by atomic mass is 127. The highest BCUT2D eigenvalue weighted by Crippen LogP contribution is 2.33.